The number of anilines is 2. The molecule has 0 aromatic carbocycles. The first-order valence-electron chi connectivity index (χ1n) is 5.60. The lowest BCUT2D eigenvalue weighted by atomic mass is 10.2. The Hall–Kier alpha value is -1.32. The van der Waals surface area contributed by atoms with Crippen LogP contribution in [0.5, 0.6) is 0 Å². The molecule has 2 heterocycles. The minimum absolute atomic E-state index is 0.574. The van der Waals surface area contributed by atoms with E-state index in [0.29, 0.717) is 11.9 Å². The van der Waals surface area contributed by atoms with Crippen LogP contribution in [-0.4, -0.2) is 22.6 Å². The summed E-state index contributed by atoms with van der Waals surface area (Å²) in [6, 6.07) is 0.574. The zero-order valence-corrected chi connectivity index (χ0v) is 9.40. The van der Waals surface area contributed by atoms with E-state index in [1.54, 1.807) is 6.33 Å². The van der Waals surface area contributed by atoms with Gasteiger partial charge in [-0.2, -0.15) is 0 Å². The lowest BCUT2D eigenvalue weighted by molar-refractivity contribution is 0.722. The molecule has 1 saturated heterocycles. The van der Waals surface area contributed by atoms with Crippen LogP contribution in [0.25, 0.3) is 0 Å². The molecule has 0 radical (unpaired) electrons. The summed E-state index contributed by atoms with van der Waals surface area (Å²) < 4.78 is 0. The molecule has 4 nitrogen and oxygen atoms in total. The first-order chi connectivity index (χ1) is 7.24. The second kappa shape index (κ2) is 4.04. The van der Waals surface area contributed by atoms with Gasteiger partial charge in [0.15, 0.2) is 0 Å². The van der Waals surface area contributed by atoms with Gasteiger partial charge in [0.1, 0.15) is 18.0 Å². The maximum Gasteiger partial charge on any atom is 0.137 e. The van der Waals surface area contributed by atoms with Crippen molar-refractivity contribution in [1.82, 2.24) is 9.97 Å². The van der Waals surface area contributed by atoms with Crippen molar-refractivity contribution < 1.29 is 0 Å². The number of hydrogen-bond donors (Lipinski definition) is 1. The summed E-state index contributed by atoms with van der Waals surface area (Å²) in [6.45, 7) is 5.43. The van der Waals surface area contributed by atoms with Gasteiger partial charge in [-0.05, 0) is 26.2 Å². The summed E-state index contributed by atoms with van der Waals surface area (Å²) in [5, 5.41) is 0. The van der Waals surface area contributed by atoms with Crippen LogP contribution in [0.1, 0.15) is 32.3 Å². The third-order valence-corrected chi connectivity index (χ3v) is 3.13. The van der Waals surface area contributed by atoms with Gasteiger partial charge in [0.2, 0.25) is 0 Å². The molecule has 1 unspecified atom stereocenters. The van der Waals surface area contributed by atoms with Gasteiger partial charge in [-0.25, -0.2) is 9.97 Å². The first-order valence-corrected chi connectivity index (χ1v) is 5.60. The molecular weight excluding hydrogens is 188 g/mol. The Morgan fingerprint density at radius 3 is 2.93 bits per heavy atom. The standard InChI is InChI=1S/C11H18N4/c1-3-9-10(12)13-7-14-11(9)15-6-4-5-8(15)2/h7-8H,3-6H2,1-2H3,(H2,12,13,14). The normalized spacial score (nSPS) is 20.9. The molecule has 0 saturated carbocycles. The summed E-state index contributed by atoms with van der Waals surface area (Å²) in [5.74, 6) is 1.66. The zero-order valence-electron chi connectivity index (χ0n) is 9.40. The van der Waals surface area contributed by atoms with Crippen LogP contribution in [0.2, 0.25) is 0 Å². The molecule has 1 aromatic rings. The third-order valence-electron chi connectivity index (χ3n) is 3.13. The van der Waals surface area contributed by atoms with Crippen LogP contribution >= 0.6 is 0 Å². The average Bonchev–Trinajstić information content (AvgIpc) is 2.64. The second-order valence-corrected chi connectivity index (χ2v) is 4.10. The molecule has 1 atom stereocenters. The number of nitrogens with two attached hydrogens (primary N) is 1. The van der Waals surface area contributed by atoms with E-state index in [2.05, 4.69) is 28.7 Å². The SMILES string of the molecule is CCc1c(N)ncnc1N1CCCC1C. The van der Waals surface area contributed by atoms with Gasteiger partial charge >= 0.3 is 0 Å². The Morgan fingerprint density at radius 1 is 1.53 bits per heavy atom. The Balaban J connectivity index is 2.38. The highest BCUT2D eigenvalue weighted by Crippen LogP contribution is 2.28. The van der Waals surface area contributed by atoms with Crippen molar-refractivity contribution in [3.05, 3.63) is 11.9 Å². The van der Waals surface area contributed by atoms with Gasteiger partial charge in [0, 0.05) is 18.2 Å². The minimum atomic E-state index is 0.574. The van der Waals surface area contributed by atoms with Crippen LogP contribution in [0, 0.1) is 0 Å². The highest BCUT2D eigenvalue weighted by molar-refractivity contribution is 5.57. The fraction of sp³-hybridized carbons (Fsp3) is 0.636. The first kappa shape index (κ1) is 10.2. The van der Waals surface area contributed by atoms with Crippen molar-refractivity contribution in [2.45, 2.75) is 39.2 Å². The van der Waals surface area contributed by atoms with Crippen LogP contribution in [0.3, 0.4) is 0 Å². The van der Waals surface area contributed by atoms with E-state index in [4.69, 9.17) is 5.73 Å². The second-order valence-electron chi connectivity index (χ2n) is 4.10. The molecule has 15 heavy (non-hydrogen) atoms. The van der Waals surface area contributed by atoms with E-state index in [-0.39, 0.29) is 0 Å². The maximum absolute atomic E-state index is 5.87. The number of nitrogens with zero attached hydrogens (tertiary/aromatic N) is 3. The van der Waals surface area contributed by atoms with Crippen molar-refractivity contribution in [2.75, 3.05) is 17.2 Å². The minimum Gasteiger partial charge on any atom is -0.383 e. The Kier molecular flexibility index (Phi) is 2.75. The van der Waals surface area contributed by atoms with Crippen LogP contribution in [0.15, 0.2) is 6.33 Å². The fourth-order valence-electron chi connectivity index (χ4n) is 2.25. The van der Waals surface area contributed by atoms with Gasteiger partial charge in [0.25, 0.3) is 0 Å². The molecule has 1 aromatic heterocycles. The van der Waals surface area contributed by atoms with E-state index >= 15 is 0 Å². The third kappa shape index (κ3) is 1.76. The predicted molar refractivity (Wildman–Crippen MR) is 61.9 cm³/mol. The molecule has 1 aliphatic heterocycles. The van der Waals surface area contributed by atoms with Crippen LogP contribution in [-0.2, 0) is 6.42 Å². The molecule has 82 valence electrons. The molecule has 0 aliphatic carbocycles. The van der Waals surface area contributed by atoms with Crippen molar-refractivity contribution in [3.8, 4) is 0 Å². The van der Waals surface area contributed by atoms with Crippen molar-refractivity contribution in [2.24, 2.45) is 0 Å². The van der Waals surface area contributed by atoms with E-state index in [9.17, 15) is 0 Å². The number of rotatable bonds is 2. The molecule has 1 fully saturated rings. The number of hydrogen-bond acceptors (Lipinski definition) is 4. The number of aromatic nitrogens is 2. The Morgan fingerprint density at radius 2 is 2.33 bits per heavy atom. The van der Waals surface area contributed by atoms with Gasteiger partial charge in [0.05, 0.1) is 0 Å². The quantitative estimate of drug-likeness (QED) is 0.798. The van der Waals surface area contributed by atoms with E-state index in [0.717, 1.165) is 24.3 Å². The lowest BCUT2D eigenvalue weighted by Gasteiger charge is -2.24. The molecule has 2 N–H and O–H groups in total. The lowest BCUT2D eigenvalue weighted by Crippen LogP contribution is -2.28. The predicted octanol–water partition coefficient (Wildman–Crippen LogP) is 1.61. The smallest absolute Gasteiger partial charge is 0.137 e. The monoisotopic (exact) mass is 206 g/mol. The summed E-state index contributed by atoms with van der Waals surface area (Å²) in [6.07, 6.45) is 4.95. The molecule has 2 rings (SSSR count). The molecular formula is C11H18N4. The van der Waals surface area contributed by atoms with Crippen molar-refractivity contribution in [1.29, 1.82) is 0 Å². The Bertz CT molecular complexity index is 350. The summed E-state index contributed by atoms with van der Waals surface area (Å²) in [5.41, 5.74) is 6.96. The highest BCUT2D eigenvalue weighted by Gasteiger charge is 2.24. The highest BCUT2D eigenvalue weighted by atomic mass is 15.2. The summed E-state index contributed by atoms with van der Waals surface area (Å²) >= 11 is 0. The molecule has 4 heteroatoms. The van der Waals surface area contributed by atoms with Crippen molar-refractivity contribution >= 4 is 11.6 Å². The Labute approximate surface area is 90.5 Å². The van der Waals surface area contributed by atoms with E-state index in [1.807, 2.05) is 0 Å². The largest absolute Gasteiger partial charge is 0.383 e. The maximum atomic E-state index is 5.87. The molecule has 0 amide bonds. The topological polar surface area (TPSA) is 55.0 Å². The van der Waals surface area contributed by atoms with Crippen LogP contribution in [0.4, 0.5) is 11.6 Å². The van der Waals surface area contributed by atoms with Crippen LogP contribution < -0.4 is 10.6 Å². The fourth-order valence-corrected chi connectivity index (χ4v) is 2.25. The molecule has 0 bridgehead atoms. The zero-order chi connectivity index (χ0) is 10.8. The van der Waals surface area contributed by atoms with Gasteiger partial charge in [-0.15, -0.1) is 0 Å². The average molecular weight is 206 g/mol. The van der Waals surface area contributed by atoms with E-state index in [1.165, 1.54) is 12.8 Å². The van der Waals surface area contributed by atoms with Gasteiger partial charge in [-0.3, -0.25) is 0 Å². The summed E-state index contributed by atoms with van der Waals surface area (Å²) in [7, 11) is 0. The van der Waals surface area contributed by atoms with Crippen molar-refractivity contribution in [3.63, 3.8) is 0 Å². The van der Waals surface area contributed by atoms with E-state index < -0.39 is 0 Å². The molecule has 1 aliphatic rings. The van der Waals surface area contributed by atoms with Gasteiger partial charge < -0.3 is 10.6 Å². The van der Waals surface area contributed by atoms with Gasteiger partial charge in [-0.1, -0.05) is 6.92 Å². The summed E-state index contributed by atoms with van der Waals surface area (Å²) in [4.78, 5) is 10.8. The number of nitrogen functional groups attached to an aromatic ring is 1. The molecule has 0 spiro atoms.